The number of anilines is 1. The molecule has 0 aliphatic heterocycles. The fourth-order valence-electron chi connectivity index (χ4n) is 2.91. The number of ketones is 1. The lowest BCUT2D eigenvalue weighted by atomic mass is 10.1. The van der Waals surface area contributed by atoms with Crippen LogP contribution in [0.4, 0.5) is 5.69 Å². The summed E-state index contributed by atoms with van der Waals surface area (Å²) in [7, 11) is 1.51. The van der Waals surface area contributed by atoms with E-state index in [1.54, 1.807) is 36.4 Å². The summed E-state index contributed by atoms with van der Waals surface area (Å²) in [6, 6.07) is 16.8. The number of nitrogens with one attached hydrogen (secondary N) is 1. The van der Waals surface area contributed by atoms with Crippen LogP contribution in [0.1, 0.15) is 37.5 Å². The molecule has 8 nitrogen and oxygen atoms in total. The Bertz CT molecular complexity index is 1220. The maximum absolute atomic E-state index is 12.3. The number of Topliss-reactive ketones (excluding diaryl/α,β-unsaturated/α-hetero) is 1. The van der Waals surface area contributed by atoms with E-state index in [9.17, 15) is 24.3 Å². The zero-order valence-corrected chi connectivity index (χ0v) is 18.2. The summed E-state index contributed by atoms with van der Waals surface area (Å²) in [5.74, 6) is -2.68. The number of carbonyl (C=O) groups is 4. The second-order valence-electron chi connectivity index (χ2n) is 6.83. The van der Waals surface area contributed by atoms with Gasteiger partial charge in [-0.15, -0.1) is 0 Å². The monoisotopic (exact) mass is 465 g/mol. The van der Waals surface area contributed by atoms with Crippen LogP contribution in [0.3, 0.4) is 0 Å². The lowest BCUT2D eigenvalue weighted by molar-refractivity contribution is -0.115. The summed E-state index contributed by atoms with van der Waals surface area (Å²) in [5, 5.41) is 21.3. The molecule has 3 aromatic rings. The van der Waals surface area contributed by atoms with E-state index < -0.39 is 24.3 Å². The first kappa shape index (κ1) is 23.6. The highest BCUT2D eigenvalue weighted by Crippen LogP contribution is 2.32. The Morgan fingerprint density at radius 1 is 0.879 bits per heavy atom. The van der Waals surface area contributed by atoms with E-state index in [1.165, 1.54) is 37.4 Å². The number of aromatic carboxylic acids is 2. The van der Waals surface area contributed by atoms with Crippen molar-refractivity contribution in [1.29, 1.82) is 0 Å². The molecule has 0 fully saturated rings. The number of hydrogen-bond donors (Lipinski definition) is 3. The third kappa shape index (κ3) is 6.20. The molecule has 0 aromatic heterocycles. The van der Waals surface area contributed by atoms with Crippen LogP contribution in [0.25, 0.3) is 0 Å². The highest BCUT2D eigenvalue weighted by molar-refractivity contribution is 7.99. The van der Waals surface area contributed by atoms with Gasteiger partial charge < -0.3 is 20.3 Å². The van der Waals surface area contributed by atoms with Gasteiger partial charge in [0, 0.05) is 21.0 Å². The SMILES string of the molecule is COc1ccc(C(=O)CC(=O)Nc2ccc(Sc3cccc(C(=O)O)c3)c(C(=O)O)c2)cc1. The number of rotatable bonds is 9. The normalized spacial score (nSPS) is 10.3. The average molecular weight is 465 g/mol. The second kappa shape index (κ2) is 10.5. The average Bonchev–Trinajstić information content (AvgIpc) is 2.80. The van der Waals surface area contributed by atoms with Crippen LogP contribution in [-0.4, -0.2) is 41.0 Å². The molecular formula is C24H19NO7S. The minimum atomic E-state index is -1.21. The van der Waals surface area contributed by atoms with Crippen molar-refractivity contribution in [2.24, 2.45) is 0 Å². The van der Waals surface area contributed by atoms with E-state index in [4.69, 9.17) is 9.84 Å². The molecule has 0 heterocycles. The van der Waals surface area contributed by atoms with Crippen molar-refractivity contribution in [2.45, 2.75) is 16.2 Å². The van der Waals surface area contributed by atoms with Gasteiger partial charge in [-0.3, -0.25) is 9.59 Å². The smallest absolute Gasteiger partial charge is 0.336 e. The van der Waals surface area contributed by atoms with Gasteiger partial charge in [-0.2, -0.15) is 0 Å². The van der Waals surface area contributed by atoms with Crippen LogP contribution in [0, 0.1) is 0 Å². The zero-order valence-electron chi connectivity index (χ0n) is 17.4. The van der Waals surface area contributed by atoms with Crippen molar-refractivity contribution >= 4 is 41.1 Å². The Hall–Kier alpha value is -4.11. The third-order valence-electron chi connectivity index (χ3n) is 4.54. The molecule has 0 atom stereocenters. The predicted octanol–water partition coefficient (Wildman–Crippen LogP) is 4.45. The van der Waals surface area contributed by atoms with Crippen LogP contribution >= 0.6 is 11.8 Å². The van der Waals surface area contributed by atoms with Crippen molar-refractivity contribution in [3.63, 3.8) is 0 Å². The van der Waals surface area contributed by atoms with Gasteiger partial charge in [-0.05, 0) is 60.7 Å². The standard InChI is InChI=1S/C24H19NO7S/c1-32-17-8-5-14(6-9-17)20(26)13-22(27)25-16-7-10-21(19(12-16)24(30)31)33-18-4-2-3-15(11-18)23(28)29/h2-12H,13H2,1H3,(H,25,27)(H,28,29)(H,30,31). The summed E-state index contributed by atoms with van der Waals surface area (Å²) in [6.07, 6.45) is -0.410. The Morgan fingerprint density at radius 3 is 2.24 bits per heavy atom. The highest BCUT2D eigenvalue weighted by atomic mass is 32.2. The topological polar surface area (TPSA) is 130 Å². The number of benzene rings is 3. The third-order valence-corrected chi connectivity index (χ3v) is 5.60. The van der Waals surface area contributed by atoms with Crippen molar-refractivity contribution in [1.82, 2.24) is 0 Å². The molecule has 9 heteroatoms. The summed E-state index contributed by atoms with van der Waals surface area (Å²) >= 11 is 1.09. The van der Waals surface area contributed by atoms with Gasteiger partial charge >= 0.3 is 11.9 Å². The number of carboxylic acid groups (broad SMARTS) is 2. The van der Waals surface area contributed by atoms with Crippen LogP contribution in [-0.2, 0) is 4.79 Å². The largest absolute Gasteiger partial charge is 0.497 e. The van der Waals surface area contributed by atoms with Gasteiger partial charge in [0.15, 0.2) is 5.78 Å². The van der Waals surface area contributed by atoms with Gasteiger partial charge in [0.25, 0.3) is 0 Å². The molecule has 0 radical (unpaired) electrons. The molecule has 3 aromatic carbocycles. The molecule has 0 saturated carbocycles. The lowest BCUT2D eigenvalue weighted by Crippen LogP contribution is -2.17. The Balaban J connectivity index is 1.72. The first-order valence-electron chi connectivity index (χ1n) is 9.62. The molecule has 0 saturated heterocycles. The first-order chi connectivity index (χ1) is 15.8. The summed E-state index contributed by atoms with van der Waals surface area (Å²) < 4.78 is 5.04. The Labute approximate surface area is 193 Å². The van der Waals surface area contributed by atoms with Crippen LogP contribution in [0.15, 0.2) is 76.5 Å². The highest BCUT2D eigenvalue weighted by Gasteiger charge is 2.16. The van der Waals surface area contributed by atoms with E-state index in [2.05, 4.69) is 5.32 Å². The molecule has 3 N–H and O–H groups in total. The fourth-order valence-corrected chi connectivity index (χ4v) is 3.89. The number of amides is 1. The molecule has 33 heavy (non-hydrogen) atoms. The van der Waals surface area contributed by atoms with Gasteiger partial charge in [-0.25, -0.2) is 9.59 Å². The Kier molecular flexibility index (Phi) is 7.47. The summed E-state index contributed by atoms with van der Waals surface area (Å²) in [5.41, 5.74) is 0.596. The van der Waals surface area contributed by atoms with Crippen molar-refractivity contribution in [3.05, 3.63) is 83.4 Å². The molecular weight excluding hydrogens is 446 g/mol. The quantitative estimate of drug-likeness (QED) is 0.312. The van der Waals surface area contributed by atoms with Gasteiger partial charge in [0.1, 0.15) is 5.75 Å². The zero-order chi connectivity index (χ0) is 24.0. The van der Waals surface area contributed by atoms with E-state index in [0.29, 0.717) is 21.1 Å². The van der Waals surface area contributed by atoms with Gasteiger partial charge in [0.2, 0.25) is 5.91 Å². The predicted molar refractivity (Wildman–Crippen MR) is 121 cm³/mol. The van der Waals surface area contributed by atoms with Gasteiger partial charge in [-0.1, -0.05) is 17.8 Å². The lowest BCUT2D eigenvalue weighted by Gasteiger charge is -2.10. The van der Waals surface area contributed by atoms with Crippen molar-refractivity contribution in [3.8, 4) is 5.75 Å². The van der Waals surface area contributed by atoms with Crippen molar-refractivity contribution in [2.75, 3.05) is 12.4 Å². The number of ether oxygens (including phenoxy) is 1. The number of carboxylic acids is 2. The molecule has 1 amide bonds. The fraction of sp³-hybridized carbons (Fsp3) is 0.0833. The van der Waals surface area contributed by atoms with E-state index >= 15 is 0 Å². The number of carbonyl (C=O) groups excluding carboxylic acids is 2. The van der Waals surface area contributed by atoms with Crippen LogP contribution < -0.4 is 10.1 Å². The molecule has 0 bridgehead atoms. The van der Waals surface area contributed by atoms with Crippen molar-refractivity contribution < 1.29 is 34.1 Å². The summed E-state index contributed by atoms with van der Waals surface area (Å²) in [6.45, 7) is 0. The molecule has 168 valence electrons. The molecule has 0 aliphatic carbocycles. The van der Waals surface area contributed by atoms with Gasteiger partial charge in [0.05, 0.1) is 24.7 Å². The number of methoxy groups -OCH3 is 1. The second-order valence-corrected chi connectivity index (χ2v) is 7.94. The van der Waals surface area contributed by atoms with Crippen LogP contribution in [0.2, 0.25) is 0 Å². The first-order valence-corrected chi connectivity index (χ1v) is 10.4. The van der Waals surface area contributed by atoms with E-state index in [-0.39, 0.29) is 22.6 Å². The molecule has 0 spiro atoms. The van der Waals surface area contributed by atoms with Crippen LogP contribution in [0.5, 0.6) is 5.75 Å². The number of hydrogen-bond acceptors (Lipinski definition) is 6. The molecule has 0 unspecified atom stereocenters. The maximum Gasteiger partial charge on any atom is 0.336 e. The summed E-state index contributed by atoms with van der Waals surface area (Å²) in [4.78, 5) is 48.5. The molecule has 3 rings (SSSR count). The Morgan fingerprint density at radius 2 is 1.61 bits per heavy atom. The van der Waals surface area contributed by atoms with E-state index in [0.717, 1.165) is 11.8 Å². The van der Waals surface area contributed by atoms with E-state index in [1.807, 2.05) is 0 Å². The minimum Gasteiger partial charge on any atom is -0.497 e. The molecule has 0 aliphatic rings. The maximum atomic E-state index is 12.3. The minimum absolute atomic E-state index is 0.0694.